The third-order valence-electron chi connectivity index (χ3n) is 3.65. The average Bonchev–Trinajstić information content (AvgIpc) is 2.56. The lowest BCUT2D eigenvalue weighted by Crippen LogP contribution is -2.21. The number of para-hydroxylation sites is 1. The lowest BCUT2D eigenvalue weighted by atomic mass is 10.0. The van der Waals surface area contributed by atoms with Crippen LogP contribution in [0.2, 0.25) is 5.02 Å². The second-order valence-corrected chi connectivity index (χ2v) is 5.97. The van der Waals surface area contributed by atoms with Gasteiger partial charge in [-0.1, -0.05) is 43.6 Å². The van der Waals surface area contributed by atoms with Crippen molar-refractivity contribution in [3.8, 4) is 0 Å². The zero-order valence-electron chi connectivity index (χ0n) is 13.4. The first-order chi connectivity index (χ1) is 11.5. The summed E-state index contributed by atoms with van der Waals surface area (Å²) in [4.78, 5) is 10.3. The number of benzene rings is 2. The van der Waals surface area contributed by atoms with Gasteiger partial charge in [0.2, 0.25) is 0 Å². The van der Waals surface area contributed by atoms with E-state index in [2.05, 4.69) is 36.6 Å². The quantitative estimate of drug-likeness (QED) is 0.435. The Balaban J connectivity index is 2.19. The van der Waals surface area contributed by atoms with E-state index in [0.717, 1.165) is 18.5 Å². The summed E-state index contributed by atoms with van der Waals surface area (Å²) >= 11 is 11.4. The highest BCUT2D eigenvalue weighted by Crippen LogP contribution is 2.27. The van der Waals surface area contributed by atoms with Crippen molar-refractivity contribution in [2.45, 2.75) is 26.7 Å². The van der Waals surface area contributed by atoms with E-state index in [1.54, 1.807) is 6.07 Å². The van der Waals surface area contributed by atoms with Crippen molar-refractivity contribution in [2.75, 3.05) is 10.6 Å². The second-order valence-electron chi connectivity index (χ2n) is 5.16. The van der Waals surface area contributed by atoms with Crippen LogP contribution in [0.15, 0.2) is 36.4 Å². The van der Waals surface area contributed by atoms with Gasteiger partial charge in [-0.2, -0.15) is 0 Å². The van der Waals surface area contributed by atoms with E-state index in [1.165, 1.54) is 23.3 Å². The number of nitro groups is 1. The molecule has 2 aromatic carbocycles. The molecule has 126 valence electrons. The average molecular weight is 364 g/mol. The lowest BCUT2D eigenvalue weighted by Gasteiger charge is -2.17. The summed E-state index contributed by atoms with van der Waals surface area (Å²) < 4.78 is 0. The first-order valence-electron chi connectivity index (χ1n) is 7.59. The predicted octanol–water partition coefficient (Wildman–Crippen LogP) is 5.18. The Hall–Kier alpha value is -2.18. The highest BCUT2D eigenvalue weighted by atomic mass is 35.5. The molecule has 2 rings (SSSR count). The summed E-state index contributed by atoms with van der Waals surface area (Å²) in [6, 6.07) is 10.4. The molecule has 0 aliphatic heterocycles. The topological polar surface area (TPSA) is 67.2 Å². The molecule has 0 fully saturated rings. The number of rotatable bonds is 5. The molecule has 24 heavy (non-hydrogen) atoms. The zero-order chi connectivity index (χ0) is 17.7. The van der Waals surface area contributed by atoms with Crippen molar-refractivity contribution in [2.24, 2.45) is 0 Å². The van der Waals surface area contributed by atoms with Crippen LogP contribution in [0.4, 0.5) is 17.1 Å². The number of hydrogen-bond acceptors (Lipinski definition) is 3. The van der Waals surface area contributed by atoms with Gasteiger partial charge in [0.05, 0.1) is 15.6 Å². The minimum atomic E-state index is -0.489. The number of nitro benzene ring substituents is 1. The molecule has 0 atom stereocenters. The van der Waals surface area contributed by atoms with E-state index in [1.807, 2.05) is 6.07 Å². The first kappa shape index (κ1) is 18.2. The molecule has 0 aliphatic carbocycles. The molecule has 0 heterocycles. The molecule has 0 aliphatic rings. The van der Waals surface area contributed by atoms with E-state index in [0.29, 0.717) is 10.8 Å². The Morgan fingerprint density at radius 3 is 2.29 bits per heavy atom. The van der Waals surface area contributed by atoms with Crippen molar-refractivity contribution in [1.29, 1.82) is 0 Å². The third kappa shape index (κ3) is 4.21. The highest BCUT2D eigenvalue weighted by molar-refractivity contribution is 7.80. The number of halogens is 1. The number of nitrogens with one attached hydrogen (secondary N) is 2. The van der Waals surface area contributed by atoms with Crippen LogP contribution in [0.5, 0.6) is 0 Å². The van der Waals surface area contributed by atoms with Crippen LogP contribution < -0.4 is 10.6 Å². The Kier molecular flexibility index (Phi) is 6.11. The summed E-state index contributed by atoms with van der Waals surface area (Å²) in [6.45, 7) is 4.17. The van der Waals surface area contributed by atoms with E-state index in [4.69, 9.17) is 23.8 Å². The van der Waals surface area contributed by atoms with E-state index in [9.17, 15) is 10.1 Å². The normalized spacial score (nSPS) is 10.3. The third-order valence-corrected chi connectivity index (χ3v) is 4.17. The number of nitrogens with zero attached hydrogens (tertiary/aromatic N) is 1. The zero-order valence-corrected chi connectivity index (χ0v) is 15.0. The Bertz CT molecular complexity index is 758. The highest BCUT2D eigenvalue weighted by Gasteiger charge is 2.12. The SMILES string of the molecule is CCc1cccc(CC)c1NC(=S)Nc1ccc([N+](=O)[O-])cc1Cl. The van der Waals surface area contributed by atoms with Crippen LogP contribution >= 0.6 is 23.8 Å². The van der Waals surface area contributed by atoms with Gasteiger partial charge in [-0.3, -0.25) is 10.1 Å². The van der Waals surface area contributed by atoms with Crippen LogP contribution in [0.25, 0.3) is 0 Å². The standard InChI is InChI=1S/C17H18ClN3O2S/c1-3-11-6-5-7-12(4-2)16(11)20-17(24)19-15-9-8-13(21(22)23)10-14(15)18/h5-10H,3-4H2,1-2H3,(H2,19,20,24). The van der Waals surface area contributed by atoms with Crippen molar-refractivity contribution in [3.63, 3.8) is 0 Å². The van der Waals surface area contributed by atoms with Gasteiger partial charge in [0.25, 0.3) is 5.69 Å². The van der Waals surface area contributed by atoms with Crippen LogP contribution in [0.1, 0.15) is 25.0 Å². The van der Waals surface area contributed by atoms with Gasteiger partial charge in [-0.15, -0.1) is 0 Å². The van der Waals surface area contributed by atoms with Crippen LogP contribution in [0, 0.1) is 10.1 Å². The van der Waals surface area contributed by atoms with Gasteiger partial charge >= 0.3 is 0 Å². The fourth-order valence-corrected chi connectivity index (χ4v) is 2.82. The number of non-ortho nitro benzene ring substituents is 1. The summed E-state index contributed by atoms with van der Waals surface area (Å²) in [7, 11) is 0. The molecule has 0 saturated heterocycles. The Labute approximate surface area is 151 Å². The monoisotopic (exact) mass is 363 g/mol. The summed E-state index contributed by atoms with van der Waals surface area (Å²) in [5.41, 5.74) is 3.81. The molecule has 0 radical (unpaired) electrons. The molecular formula is C17H18ClN3O2S. The predicted molar refractivity (Wildman–Crippen MR) is 103 cm³/mol. The number of thiocarbonyl (C=S) groups is 1. The minimum absolute atomic E-state index is 0.0611. The number of aryl methyl sites for hydroxylation is 2. The van der Waals surface area contributed by atoms with Gasteiger partial charge in [0.1, 0.15) is 0 Å². The molecule has 2 aromatic rings. The maximum absolute atomic E-state index is 10.8. The van der Waals surface area contributed by atoms with Crippen molar-refractivity contribution < 1.29 is 4.92 Å². The maximum atomic E-state index is 10.8. The largest absolute Gasteiger partial charge is 0.332 e. The first-order valence-corrected chi connectivity index (χ1v) is 8.37. The molecule has 0 bridgehead atoms. The Morgan fingerprint density at radius 2 is 1.79 bits per heavy atom. The molecule has 7 heteroatoms. The molecule has 0 spiro atoms. The molecule has 0 saturated carbocycles. The fourth-order valence-electron chi connectivity index (χ4n) is 2.39. The van der Waals surface area contributed by atoms with Gasteiger partial charge in [0, 0.05) is 17.8 Å². The number of anilines is 2. The van der Waals surface area contributed by atoms with Crippen LogP contribution in [-0.2, 0) is 12.8 Å². The molecule has 0 unspecified atom stereocenters. The van der Waals surface area contributed by atoms with Gasteiger partial charge < -0.3 is 10.6 Å². The van der Waals surface area contributed by atoms with Gasteiger partial charge in [-0.05, 0) is 42.3 Å². The van der Waals surface area contributed by atoms with E-state index in [-0.39, 0.29) is 10.7 Å². The summed E-state index contributed by atoms with van der Waals surface area (Å²) in [5, 5.41) is 17.6. The molecule has 0 amide bonds. The van der Waals surface area contributed by atoms with Gasteiger partial charge in [-0.25, -0.2) is 0 Å². The maximum Gasteiger partial charge on any atom is 0.271 e. The van der Waals surface area contributed by atoms with Crippen LogP contribution in [0.3, 0.4) is 0 Å². The Morgan fingerprint density at radius 1 is 1.17 bits per heavy atom. The van der Waals surface area contributed by atoms with E-state index >= 15 is 0 Å². The smallest absolute Gasteiger partial charge is 0.271 e. The lowest BCUT2D eigenvalue weighted by molar-refractivity contribution is -0.384. The van der Waals surface area contributed by atoms with Crippen molar-refractivity contribution in [3.05, 3.63) is 62.7 Å². The molecule has 0 aromatic heterocycles. The second kappa shape index (κ2) is 8.08. The number of hydrogen-bond donors (Lipinski definition) is 2. The summed E-state index contributed by atoms with van der Waals surface area (Å²) in [6.07, 6.45) is 1.77. The fraction of sp³-hybridized carbons (Fsp3) is 0.235. The molecular weight excluding hydrogens is 346 g/mol. The molecule has 5 nitrogen and oxygen atoms in total. The van der Waals surface area contributed by atoms with Crippen LogP contribution in [-0.4, -0.2) is 10.0 Å². The summed E-state index contributed by atoms with van der Waals surface area (Å²) in [5.74, 6) is 0. The van der Waals surface area contributed by atoms with Crippen molar-refractivity contribution in [1.82, 2.24) is 0 Å². The van der Waals surface area contributed by atoms with Gasteiger partial charge in [0.15, 0.2) is 5.11 Å². The minimum Gasteiger partial charge on any atom is -0.332 e. The molecule has 2 N–H and O–H groups in total. The van der Waals surface area contributed by atoms with E-state index < -0.39 is 4.92 Å². The van der Waals surface area contributed by atoms with Crippen molar-refractivity contribution >= 4 is 46.0 Å².